The molecule has 2 heteroatoms. The maximum absolute atomic E-state index is 2.64. The Bertz CT molecular complexity index is 2340. The van der Waals surface area contributed by atoms with Gasteiger partial charge in [-0.05, 0) is 83.3 Å². The predicted molar refractivity (Wildman–Crippen MR) is 181 cm³/mol. The van der Waals surface area contributed by atoms with Crippen LogP contribution >= 0.6 is 0 Å². The van der Waals surface area contributed by atoms with E-state index in [2.05, 4.69) is 150 Å². The van der Waals surface area contributed by atoms with Crippen molar-refractivity contribution in [2.24, 2.45) is 0 Å². The fourth-order valence-corrected chi connectivity index (χ4v) is 7.82. The molecule has 0 amide bonds. The topological polar surface area (TPSA) is 3.24 Å². The molecule has 0 atom stereocenters. The quantitative estimate of drug-likeness (QED) is 0.177. The van der Waals surface area contributed by atoms with Crippen molar-refractivity contribution >= 4 is 72.2 Å². The van der Waals surface area contributed by atoms with Crippen molar-refractivity contribution in [2.45, 2.75) is 0 Å². The van der Waals surface area contributed by atoms with E-state index in [4.69, 9.17) is 0 Å². The van der Waals surface area contributed by atoms with Crippen LogP contribution in [0.25, 0.3) is 65.3 Å². The van der Waals surface area contributed by atoms with E-state index >= 15 is 0 Å². The second kappa shape index (κ2) is 8.12. The summed E-state index contributed by atoms with van der Waals surface area (Å²) in [6.07, 6.45) is 0. The van der Waals surface area contributed by atoms with Gasteiger partial charge >= 0.3 is 6.85 Å². The van der Waals surface area contributed by atoms with Crippen LogP contribution in [0, 0.1) is 0 Å². The van der Waals surface area contributed by atoms with E-state index in [1.54, 1.807) is 0 Å². The largest absolute Gasteiger partial charge is 0.376 e. The minimum Gasteiger partial charge on any atom is -0.376 e. The molecule has 2 heterocycles. The van der Waals surface area contributed by atoms with Gasteiger partial charge in [0.1, 0.15) is 0 Å². The van der Waals surface area contributed by atoms with Gasteiger partial charge in [0.2, 0.25) is 0 Å². The van der Waals surface area contributed by atoms with Gasteiger partial charge in [0.05, 0.1) is 0 Å². The third-order valence-corrected chi connectivity index (χ3v) is 9.58. The first-order valence-electron chi connectivity index (χ1n) is 14.7. The van der Waals surface area contributed by atoms with Gasteiger partial charge in [-0.15, -0.1) is 0 Å². The highest BCUT2D eigenvalue weighted by Gasteiger charge is 2.43. The average molecular weight is 529 g/mol. The lowest BCUT2D eigenvalue weighted by molar-refractivity contribution is 1.37. The molecule has 0 bridgehead atoms. The Labute approximate surface area is 244 Å². The molecule has 0 saturated heterocycles. The molecule has 2 aliphatic heterocycles. The smallest absolute Gasteiger partial charge is 0.329 e. The van der Waals surface area contributed by atoms with E-state index in [0.29, 0.717) is 0 Å². The summed E-state index contributed by atoms with van der Waals surface area (Å²) in [6, 6.07) is 54.3. The molecule has 8 aromatic carbocycles. The number of hydrogen-bond acceptors (Lipinski definition) is 1. The molecule has 0 radical (unpaired) electrons. The van der Waals surface area contributed by atoms with Gasteiger partial charge in [-0.3, -0.25) is 0 Å². The summed E-state index contributed by atoms with van der Waals surface area (Å²) >= 11 is 0. The fourth-order valence-electron chi connectivity index (χ4n) is 7.82. The Morgan fingerprint density at radius 1 is 0.357 bits per heavy atom. The molecule has 0 aromatic heterocycles. The molecular formula is C40H24BN. The van der Waals surface area contributed by atoms with Crippen LogP contribution in [-0.4, -0.2) is 6.85 Å². The zero-order chi connectivity index (χ0) is 27.4. The summed E-state index contributed by atoms with van der Waals surface area (Å²) in [4.78, 5) is 2.64. The number of anilines is 2. The average Bonchev–Trinajstić information content (AvgIpc) is 3.06. The second-order valence-corrected chi connectivity index (χ2v) is 11.7. The van der Waals surface area contributed by atoms with Gasteiger partial charge in [0.15, 0.2) is 0 Å². The van der Waals surface area contributed by atoms with Gasteiger partial charge in [-0.25, -0.2) is 0 Å². The molecule has 192 valence electrons. The van der Waals surface area contributed by atoms with E-state index in [-0.39, 0.29) is 6.85 Å². The van der Waals surface area contributed by atoms with Gasteiger partial charge < -0.3 is 4.81 Å². The third kappa shape index (κ3) is 2.84. The van der Waals surface area contributed by atoms with Gasteiger partial charge in [0.25, 0.3) is 0 Å². The van der Waals surface area contributed by atoms with Crippen molar-refractivity contribution in [2.75, 3.05) is 4.81 Å². The van der Waals surface area contributed by atoms with Crippen LogP contribution < -0.4 is 15.7 Å². The minimum absolute atomic E-state index is 0.0616. The Hall–Kier alpha value is -5.34. The summed E-state index contributed by atoms with van der Waals surface area (Å²) < 4.78 is 0. The van der Waals surface area contributed by atoms with Crippen molar-refractivity contribution in [1.29, 1.82) is 0 Å². The van der Waals surface area contributed by atoms with Gasteiger partial charge in [0, 0.05) is 22.5 Å². The highest BCUT2D eigenvalue weighted by Crippen LogP contribution is 2.51. The standard InChI is InChI=1S/C40H24BN/c1-2-13-29-24-37-33(23-28(29)12-1)38-30-14-6-3-9-25(30)17-20-34(38)41-35-21-18-26-10-4-7-15-31(26)39(35)40-32-16-8-5-11-27(32)19-22-36(40)42(37)41/h1-24H. The maximum atomic E-state index is 2.64. The van der Waals surface area contributed by atoms with Crippen molar-refractivity contribution < 1.29 is 0 Å². The van der Waals surface area contributed by atoms with E-state index in [1.807, 2.05) is 0 Å². The highest BCUT2D eigenvalue weighted by atomic mass is 15.1. The summed E-state index contributed by atoms with van der Waals surface area (Å²) in [5.41, 5.74) is 10.7. The lowest BCUT2D eigenvalue weighted by atomic mass is 9.42. The Balaban J connectivity index is 1.43. The molecule has 0 unspecified atom stereocenters. The van der Waals surface area contributed by atoms with E-state index in [9.17, 15) is 0 Å². The molecule has 0 fully saturated rings. The number of fused-ring (bicyclic) bond motifs is 18. The lowest BCUT2D eigenvalue weighted by Crippen LogP contribution is -2.59. The van der Waals surface area contributed by atoms with Gasteiger partial charge in [-0.1, -0.05) is 127 Å². The predicted octanol–water partition coefficient (Wildman–Crippen LogP) is 9.20. The first kappa shape index (κ1) is 22.4. The van der Waals surface area contributed by atoms with Crippen LogP contribution in [0.1, 0.15) is 0 Å². The monoisotopic (exact) mass is 529 g/mol. The van der Waals surface area contributed by atoms with Gasteiger partial charge in [-0.2, -0.15) is 0 Å². The van der Waals surface area contributed by atoms with E-state index < -0.39 is 0 Å². The Morgan fingerprint density at radius 2 is 0.833 bits per heavy atom. The molecule has 0 N–H and O–H groups in total. The van der Waals surface area contributed by atoms with Crippen molar-refractivity contribution in [3.8, 4) is 22.3 Å². The first-order valence-corrected chi connectivity index (χ1v) is 14.7. The summed E-state index contributed by atoms with van der Waals surface area (Å²) in [7, 11) is 0. The minimum atomic E-state index is 0.0616. The molecule has 8 aromatic rings. The second-order valence-electron chi connectivity index (χ2n) is 11.7. The van der Waals surface area contributed by atoms with Crippen molar-refractivity contribution in [1.82, 2.24) is 0 Å². The first-order chi connectivity index (χ1) is 20.8. The number of hydrogen-bond donors (Lipinski definition) is 0. The zero-order valence-corrected chi connectivity index (χ0v) is 22.9. The summed E-state index contributed by atoms with van der Waals surface area (Å²) in [5, 5.41) is 10.3. The normalized spacial score (nSPS) is 13.1. The third-order valence-electron chi connectivity index (χ3n) is 9.58. The zero-order valence-electron chi connectivity index (χ0n) is 22.9. The number of nitrogens with zero attached hydrogens (tertiary/aromatic N) is 1. The molecule has 10 rings (SSSR count). The molecule has 0 aliphatic carbocycles. The maximum Gasteiger partial charge on any atom is 0.329 e. The summed E-state index contributed by atoms with van der Waals surface area (Å²) in [5.74, 6) is 0. The molecule has 0 saturated carbocycles. The molecule has 0 spiro atoms. The van der Waals surface area contributed by atoms with Crippen LogP contribution in [0.4, 0.5) is 11.4 Å². The number of benzene rings is 8. The van der Waals surface area contributed by atoms with Crippen molar-refractivity contribution in [3.63, 3.8) is 0 Å². The molecule has 1 nitrogen and oxygen atoms in total. The SMILES string of the molecule is c1ccc2cc3c(cc2c1)-c1c(ccc2ccccc12)B1c2ccc4ccccc4c2-c2c(ccc4ccccc24)N13. The Kier molecular flexibility index (Phi) is 4.32. The van der Waals surface area contributed by atoms with Crippen LogP contribution in [0.2, 0.25) is 0 Å². The van der Waals surface area contributed by atoms with Crippen LogP contribution in [0.5, 0.6) is 0 Å². The van der Waals surface area contributed by atoms with Crippen LogP contribution in [0.3, 0.4) is 0 Å². The van der Waals surface area contributed by atoms with Crippen LogP contribution in [-0.2, 0) is 0 Å². The Morgan fingerprint density at radius 3 is 1.48 bits per heavy atom. The fraction of sp³-hybridized carbons (Fsp3) is 0. The molecule has 2 aliphatic rings. The van der Waals surface area contributed by atoms with Crippen molar-refractivity contribution in [3.05, 3.63) is 146 Å². The van der Waals surface area contributed by atoms with E-state index in [1.165, 1.54) is 87.6 Å². The highest BCUT2D eigenvalue weighted by molar-refractivity contribution is 6.93. The molecular weight excluding hydrogens is 505 g/mol. The molecule has 42 heavy (non-hydrogen) atoms. The van der Waals surface area contributed by atoms with Crippen LogP contribution in [0.15, 0.2) is 146 Å². The van der Waals surface area contributed by atoms with E-state index in [0.717, 1.165) is 0 Å². The lowest BCUT2D eigenvalue weighted by Gasteiger charge is -2.44. The summed E-state index contributed by atoms with van der Waals surface area (Å²) in [6.45, 7) is 0.0616. The number of rotatable bonds is 0.